The van der Waals surface area contributed by atoms with E-state index in [0.717, 1.165) is 12.1 Å². The maximum atomic E-state index is 4.26. The molecule has 2 aromatic heterocycles. The second kappa shape index (κ2) is 3.77. The third-order valence-corrected chi connectivity index (χ3v) is 2.69. The van der Waals surface area contributed by atoms with E-state index in [-0.39, 0.29) is 0 Å². The van der Waals surface area contributed by atoms with Crippen molar-refractivity contribution in [1.29, 1.82) is 0 Å². The summed E-state index contributed by atoms with van der Waals surface area (Å²) in [6, 6.07) is 8.30. The number of aromatic nitrogens is 3. The predicted molar refractivity (Wildman–Crippen MR) is 63.1 cm³/mol. The predicted octanol–water partition coefficient (Wildman–Crippen LogP) is 2.55. The Morgan fingerprint density at radius 3 is 2.81 bits per heavy atom. The Hall–Kier alpha value is -2.16. The van der Waals surface area contributed by atoms with Gasteiger partial charge in [-0.25, -0.2) is 4.98 Å². The van der Waals surface area contributed by atoms with Gasteiger partial charge in [0.1, 0.15) is 0 Å². The number of nitrogens with one attached hydrogen (secondary N) is 1. The zero-order chi connectivity index (χ0) is 10.8. The van der Waals surface area contributed by atoms with Gasteiger partial charge < -0.3 is 4.98 Å². The Balaban J connectivity index is 2.10. The summed E-state index contributed by atoms with van der Waals surface area (Å²) in [4.78, 5) is 11.4. The van der Waals surface area contributed by atoms with Crippen molar-refractivity contribution in [3.63, 3.8) is 0 Å². The molecule has 16 heavy (non-hydrogen) atoms. The molecule has 1 N–H and O–H groups in total. The van der Waals surface area contributed by atoms with E-state index in [4.69, 9.17) is 0 Å². The van der Waals surface area contributed by atoms with E-state index in [1.807, 2.05) is 24.7 Å². The molecule has 0 atom stereocenters. The van der Waals surface area contributed by atoms with E-state index < -0.39 is 0 Å². The van der Waals surface area contributed by atoms with Crippen LogP contribution in [0.15, 0.2) is 49.2 Å². The lowest BCUT2D eigenvalue weighted by Gasteiger charge is -2.03. The van der Waals surface area contributed by atoms with Crippen molar-refractivity contribution in [1.82, 2.24) is 15.0 Å². The van der Waals surface area contributed by atoms with Gasteiger partial charge in [-0.3, -0.25) is 4.98 Å². The van der Waals surface area contributed by atoms with Gasteiger partial charge in [-0.2, -0.15) is 0 Å². The molecular weight excluding hydrogens is 198 g/mol. The molecular formula is C13H11N3. The molecule has 0 saturated heterocycles. The lowest BCUT2D eigenvalue weighted by molar-refractivity contribution is 1.10. The Kier molecular flexibility index (Phi) is 2.14. The van der Waals surface area contributed by atoms with Crippen LogP contribution in [0.25, 0.3) is 10.8 Å². The van der Waals surface area contributed by atoms with Crippen molar-refractivity contribution in [2.75, 3.05) is 0 Å². The van der Waals surface area contributed by atoms with Gasteiger partial charge in [0.05, 0.1) is 6.33 Å². The minimum absolute atomic E-state index is 0.842. The summed E-state index contributed by atoms with van der Waals surface area (Å²) in [5.41, 5.74) is 2.33. The molecule has 2 heterocycles. The second-order valence-corrected chi connectivity index (χ2v) is 3.77. The van der Waals surface area contributed by atoms with Gasteiger partial charge in [0.2, 0.25) is 0 Å². The highest BCUT2D eigenvalue weighted by atomic mass is 14.9. The molecule has 0 amide bonds. The number of benzene rings is 1. The second-order valence-electron chi connectivity index (χ2n) is 3.77. The quantitative estimate of drug-likeness (QED) is 0.704. The number of aromatic amines is 1. The normalized spacial score (nSPS) is 10.8. The number of nitrogens with zero attached hydrogens (tertiary/aromatic N) is 2. The number of imidazole rings is 1. The smallest absolute Gasteiger partial charge is 0.0921 e. The highest BCUT2D eigenvalue weighted by Crippen LogP contribution is 2.18. The van der Waals surface area contributed by atoms with Gasteiger partial charge >= 0.3 is 0 Å². The fourth-order valence-corrected chi connectivity index (χ4v) is 1.91. The molecule has 0 aliphatic carbocycles. The van der Waals surface area contributed by atoms with Crippen LogP contribution in [-0.4, -0.2) is 15.0 Å². The van der Waals surface area contributed by atoms with Crippen molar-refractivity contribution in [2.45, 2.75) is 6.42 Å². The molecule has 0 aliphatic heterocycles. The third-order valence-electron chi connectivity index (χ3n) is 2.69. The summed E-state index contributed by atoms with van der Waals surface area (Å²) >= 11 is 0. The van der Waals surface area contributed by atoms with Crippen molar-refractivity contribution in [3.8, 4) is 0 Å². The molecule has 3 aromatic rings. The van der Waals surface area contributed by atoms with Gasteiger partial charge in [0.25, 0.3) is 0 Å². The number of pyridine rings is 1. The van der Waals surface area contributed by atoms with Gasteiger partial charge in [-0.15, -0.1) is 0 Å². The molecule has 0 radical (unpaired) electrons. The van der Waals surface area contributed by atoms with Crippen molar-refractivity contribution in [3.05, 3.63) is 60.4 Å². The number of rotatable bonds is 2. The molecule has 78 valence electrons. The standard InChI is InChI=1S/C13H11N3/c1-2-4-13-10(3-1)6-14-7-11(13)5-12-8-15-9-16-12/h1-4,6-9H,5H2,(H,15,16). The molecule has 0 spiro atoms. The van der Waals surface area contributed by atoms with Crippen LogP contribution in [0.5, 0.6) is 0 Å². The fraction of sp³-hybridized carbons (Fsp3) is 0.0769. The zero-order valence-electron chi connectivity index (χ0n) is 8.72. The topological polar surface area (TPSA) is 41.6 Å². The molecule has 0 bridgehead atoms. The summed E-state index contributed by atoms with van der Waals surface area (Å²) in [6.45, 7) is 0. The number of H-pyrrole nitrogens is 1. The molecule has 3 nitrogen and oxygen atoms in total. The number of hydrogen-bond acceptors (Lipinski definition) is 2. The number of hydrogen-bond donors (Lipinski definition) is 1. The Morgan fingerprint density at radius 1 is 1.00 bits per heavy atom. The van der Waals surface area contributed by atoms with Crippen LogP contribution in [0.3, 0.4) is 0 Å². The first-order valence-corrected chi connectivity index (χ1v) is 5.22. The number of fused-ring (bicyclic) bond motifs is 1. The van der Waals surface area contributed by atoms with Gasteiger partial charge in [-0.05, 0) is 10.9 Å². The van der Waals surface area contributed by atoms with Crippen LogP contribution in [0.1, 0.15) is 11.3 Å². The van der Waals surface area contributed by atoms with Crippen LogP contribution in [0.2, 0.25) is 0 Å². The Morgan fingerprint density at radius 2 is 1.94 bits per heavy atom. The van der Waals surface area contributed by atoms with Gasteiger partial charge in [0, 0.05) is 36.1 Å². The first kappa shape index (κ1) is 9.09. The summed E-state index contributed by atoms with van der Waals surface area (Å²) in [5, 5.41) is 2.44. The molecule has 0 aliphatic rings. The third kappa shape index (κ3) is 1.56. The van der Waals surface area contributed by atoms with Crippen molar-refractivity contribution < 1.29 is 0 Å². The largest absolute Gasteiger partial charge is 0.348 e. The first-order chi connectivity index (χ1) is 7.93. The SMILES string of the molecule is c1ccc2c(Cc3cnc[nH]3)cncc2c1. The van der Waals surface area contributed by atoms with Crippen LogP contribution < -0.4 is 0 Å². The molecule has 3 heteroatoms. The van der Waals surface area contributed by atoms with Crippen LogP contribution in [0, 0.1) is 0 Å². The van der Waals surface area contributed by atoms with E-state index in [1.165, 1.54) is 16.3 Å². The lowest BCUT2D eigenvalue weighted by Crippen LogP contribution is -1.91. The summed E-state index contributed by atoms with van der Waals surface area (Å²) in [7, 11) is 0. The maximum absolute atomic E-state index is 4.26. The average Bonchev–Trinajstić information content (AvgIpc) is 2.82. The summed E-state index contributed by atoms with van der Waals surface area (Å²) < 4.78 is 0. The van der Waals surface area contributed by atoms with E-state index in [9.17, 15) is 0 Å². The fourth-order valence-electron chi connectivity index (χ4n) is 1.91. The molecule has 3 rings (SSSR count). The van der Waals surface area contributed by atoms with Crippen molar-refractivity contribution in [2.24, 2.45) is 0 Å². The first-order valence-electron chi connectivity index (χ1n) is 5.22. The van der Waals surface area contributed by atoms with Crippen LogP contribution in [0.4, 0.5) is 0 Å². The highest BCUT2D eigenvalue weighted by Gasteiger charge is 2.02. The molecule has 0 saturated carbocycles. The monoisotopic (exact) mass is 209 g/mol. The van der Waals surface area contributed by atoms with Crippen LogP contribution in [-0.2, 0) is 6.42 Å². The summed E-state index contributed by atoms with van der Waals surface area (Å²) in [5.74, 6) is 0. The average molecular weight is 209 g/mol. The molecule has 1 aromatic carbocycles. The minimum Gasteiger partial charge on any atom is -0.348 e. The maximum Gasteiger partial charge on any atom is 0.0921 e. The van der Waals surface area contributed by atoms with Crippen molar-refractivity contribution >= 4 is 10.8 Å². The zero-order valence-corrected chi connectivity index (χ0v) is 8.72. The van der Waals surface area contributed by atoms with Crippen LogP contribution >= 0.6 is 0 Å². The molecule has 0 unspecified atom stereocenters. The molecule has 0 fully saturated rings. The van der Waals surface area contributed by atoms with E-state index in [1.54, 1.807) is 6.33 Å². The van der Waals surface area contributed by atoms with E-state index in [2.05, 4.69) is 33.2 Å². The highest BCUT2D eigenvalue weighted by molar-refractivity contribution is 5.84. The minimum atomic E-state index is 0.842. The van der Waals surface area contributed by atoms with Gasteiger partial charge in [0.15, 0.2) is 0 Å². The Labute approximate surface area is 93.2 Å². The van der Waals surface area contributed by atoms with E-state index in [0.29, 0.717) is 0 Å². The van der Waals surface area contributed by atoms with Gasteiger partial charge in [-0.1, -0.05) is 24.3 Å². The lowest BCUT2D eigenvalue weighted by atomic mass is 10.0. The Bertz CT molecular complexity index is 594. The summed E-state index contributed by atoms with van der Waals surface area (Å²) in [6.07, 6.45) is 8.21. The van der Waals surface area contributed by atoms with E-state index >= 15 is 0 Å².